The number of nitrogens with zero attached hydrogens (tertiary/aromatic N) is 1. The first kappa shape index (κ1) is 13.4. The molecule has 0 radical (unpaired) electrons. The van der Waals surface area contributed by atoms with Crippen LogP contribution in [0.1, 0.15) is 0 Å². The summed E-state index contributed by atoms with van der Waals surface area (Å²) in [4.78, 5) is 4.26. The number of phenolic OH excluding ortho intramolecular Hbond substituents is 2. The smallest absolute Gasteiger partial charge is 0.155 e. The average Bonchev–Trinajstić information content (AvgIpc) is 2.93. The van der Waals surface area contributed by atoms with E-state index in [1.54, 1.807) is 24.4 Å². The first-order chi connectivity index (χ1) is 10.6. The molecule has 0 aliphatic rings. The minimum absolute atomic E-state index is 0.175. The molecule has 0 amide bonds. The van der Waals surface area contributed by atoms with Crippen molar-refractivity contribution in [2.45, 2.75) is 0 Å². The van der Waals surface area contributed by atoms with Crippen LogP contribution in [0.2, 0.25) is 0 Å². The summed E-state index contributed by atoms with van der Waals surface area (Å²) < 4.78 is 6.60. The van der Waals surface area contributed by atoms with Crippen molar-refractivity contribution in [1.29, 1.82) is 0 Å². The second kappa shape index (κ2) is 4.88. The number of hydrogen-bond donors (Lipinski definition) is 2. The maximum absolute atomic E-state index is 10.2. The standard InChI is InChI=1S/C17H10INO3/c18-13-8-12(11-2-1-5-19-16(11)17(13)21)15-7-9-6-10(20)3-4-14(9)22-15/h1-8,20-21H. The molecule has 2 aromatic heterocycles. The first-order valence-electron chi connectivity index (χ1n) is 6.62. The highest BCUT2D eigenvalue weighted by atomic mass is 127. The second-order valence-electron chi connectivity index (χ2n) is 4.99. The molecule has 2 heterocycles. The minimum Gasteiger partial charge on any atom is -0.508 e. The van der Waals surface area contributed by atoms with Gasteiger partial charge in [0.25, 0.3) is 0 Å². The molecule has 0 aliphatic heterocycles. The average molecular weight is 403 g/mol. The molecule has 0 saturated heterocycles. The third-order valence-corrected chi connectivity index (χ3v) is 4.41. The van der Waals surface area contributed by atoms with Gasteiger partial charge in [-0.05, 0) is 59.0 Å². The Labute approximate surface area is 139 Å². The number of halogens is 1. The highest BCUT2D eigenvalue weighted by Gasteiger charge is 2.15. The van der Waals surface area contributed by atoms with Gasteiger partial charge in [-0.1, -0.05) is 6.07 Å². The summed E-state index contributed by atoms with van der Waals surface area (Å²) in [6, 6.07) is 12.5. The molecule has 2 N–H and O–H groups in total. The van der Waals surface area contributed by atoms with Crippen LogP contribution in [0.15, 0.2) is 53.1 Å². The molecule has 0 fully saturated rings. The molecule has 108 valence electrons. The van der Waals surface area contributed by atoms with Crippen molar-refractivity contribution in [2.24, 2.45) is 0 Å². The van der Waals surface area contributed by atoms with Gasteiger partial charge in [-0.25, -0.2) is 0 Å². The van der Waals surface area contributed by atoms with E-state index in [4.69, 9.17) is 4.42 Å². The first-order valence-corrected chi connectivity index (χ1v) is 7.70. The number of fused-ring (bicyclic) bond motifs is 2. The zero-order valence-electron chi connectivity index (χ0n) is 11.2. The van der Waals surface area contributed by atoms with Crippen LogP contribution in [0.4, 0.5) is 0 Å². The Kier molecular flexibility index (Phi) is 2.97. The van der Waals surface area contributed by atoms with E-state index in [-0.39, 0.29) is 11.5 Å². The molecule has 0 atom stereocenters. The highest BCUT2D eigenvalue weighted by Crippen LogP contribution is 2.38. The van der Waals surface area contributed by atoms with Crippen molar-refractivity contribution in [3.63, 3.8) is 0 Å². The fourth-order valence-corrected chi connectivity index (χ4v) is 3.13. The number of pyridine rings is 1. The van der Waals surface area contributed by atoms with Crippen LogP contribution in [-0.4, -0.2) is 15.2 Å². The molecule has 0 saturated carbocycles. The van der Waals surface area contributed by atoms with Gasteiger partial charge in [0.1, 0.15) is 22.6 Å². The van der Waals surface area contributed by atoms with Crippen molar-refractivity contribution in [3.8, 4) is 22.8 Å². The van der Waals surface area contributed by atoms with Crippen LogP contribution in [0.3, 0.4) is 0 Å². The van der Waals surface area contributed by atoms with Crippen molar-refractivity contribution >= 4 is 44.5 Å². The molecule has 4 rings (SSSR count). The van der Waals surface area contributed by atoms with Crippen molar-refractivity contribution in [3.05, 3.63) is 52.2 Å². The number of aromatic hydroxyl groups is 2. The van der Waals surface area contributed by atoms with E-state index in [1.807, 2.05) is 24.3 Å². The third kappa shape index (κ3) is 2.00. The van der Waals surface area contributed by atoms with E-state index < -0.39 is 0 Å². The van der Waals surface area contributed by atoms with E-state index >= 15 is 0 Å². The van der Waals surface area contributed by atoms with Gasteiger partial charge in [0.15, 0.2) is 5.75 Å². The normalized spacial score (nSPS) is 11.3. The summed E-state index contributed by atoms with van der Waals surface area (Å²) >= 11 is 2.08. The number of aromatic nitrogens is 1. The molecule has 5 heteroatoms. The lowest BCUT2D eigenvalue weighted by Crippen LogP contribution is -1.86. The van der Waals surface area contributed by atoms with Gasteiger partial charge < -0.3 is 14.6 Å². The van der Waals surface area contributed by atoms with E-state index in [2.05, 4.69) is 27.6 Å². The van der Waals surface area contributed by atoms with Crippen molar-refractivity contribution < 1.29 is 14.6 Å². The zero-order valence-corrected chi connectivity index (χ0v) is 13.4. The van der Waals surface area contributed by atoms with Gasteiger partial charge in [-0.2, -0.15) is 0 Å². The van der Waals surface area contributed by atoms with Gasteiger partial charge >= 0.3 is 0 Å². The number of benzene rings is 2. The topological polar surface area (TPSA) is 66.5 Å². The van der Waals surface area contributed by atoms with Crippen LogP contribution < -0.4 is 0 Å². The minimum atomic E-state index is 0.175. The lowest BCUT2D eigenvalue weighted by molar-refractivity contribution is 0.475. The van der Waals surface area contributed by atoms with Crippen molar-refractivity contribution in [2.75, 3.05) is 0 Å². The zero-order chi connectivity index (χ0) is 15.3. The highest BCUT2D eigenvalue weighted by molar-refractivity contribution is 14.1. The quantitative estimate of drug-likeness (QED) is 0.454. The van der Waals surface area contributed by atoms with Gasteiger partial charge in [0.05, 0.1) is 3.57 Å². The van der Waals surface area contributed by atoms with Gasteiger partial charge in [-0.15, -0.1) is 0 Å². The van der Waals surface area contributed by atoms with Crippen LogP contribution in [0.5, 0.6) is 11.5 Å². The Morgan fingerprint density at radius 2 is 1.91 bits per heavy atom. The van der Waals surface area contributed by atoms with Gasteiger partial charge in [-0.3, -0.25) is 4.98 Å². The predicted octanol–water partition coefficient (Wildman–Crippen LogP) is 4.66. The maximum atomic E-state index is 10.2. The Hall–Kier alpha value is -2.28. The summed E-state index contributed by atoms with van der Waals surface area (Å²) in [6.45, 7) is 0. The number of hydrogen-bond acceptors (Lipinski definition) is 4. The summed E-state index contributed by atoms with van der Waals surface area (Å²) in [6.07, 6.45) is 1.65. The summed E-state index contributed by atoms with van der Waals surface area (Å²) in [5, 5.41) is 21.4. The van der Waals surface area contributed by atoms with Gasteiger partial charge in [0.2, 0.25) is 0 Å². The Bertz CT molecular complexity index is 1020. The summed E-state index contributed by atoms with van der Waals surface area (Å²) in [5.41, 5.74) is 2.11. The van der Waals surface area contributed by atoms with Crippen molar-refractivity contribution in [1.82, 2.24) is 4.98 Å². The summed E-state index contributed by atoms with van der Waals surface area (Å²) in [7, 11) is 0. The Balaban J connectivity index is 2.05. The maximum Gasteiger partial charge on any atom is 0.155 e. The molecular formula is C17H10INO3. The van der Waals surface area contributed by atoms with Crippen LogP contribution >= 0.6 is 22.6 Å². The fraction of sp³-hybridized carbons (Fsp3) is 0. The monoisotopic (exact) mass is 403 g/mol. The molecule has 4 nitrogen and oxygen atoms in total. The second-order valence-corrected chi connectivity index (χ2v) is 6.15. The fourth-order valence-electron chi connectivity index (χ4n) is 2.56. The number of phenols is 2. The van der Waals surface area contributed by atoms with E-state index in [0.717, 1.165) is 16.3 Å². The molecule has 2 aromatic carbocycles. The molecule has 22 heavy (non-hydrogen) atoms. The number of rotatable bonds is 1. The molecule has 0 aliphatic carbocycles. The van der Waals surface area contributed by atoms with E-state index in [9.17, 15) is 10.2 Å². The Morgan fingerprint density at radius 3 is 2.77 bits per heavy atom. The van der Waals surface area contributed by atoms with Crippen LogP contribution in [-0.2, 0) is 0 Å². The number of furan rings is 1. The van der Waals surface area contributed by atoms with E-state index in [1.165, 1.54) is 0 Å². The molecular weight excluding hydrogens is 393 g/mol. The van der Waals surface area contributed by atoms with Gasteiger partial charge in [0, 0.05) is 22.5 Å². The lowest BCUT2D eigenvalue weighted by Gasteiger charge is -2.07. The largest absolute Gasteiger partial charge is 0.508 e. The molecule has 4 aromatic rings. The Morgan fingerprint density at radius 1 is 1.05 bits per heavy atom. The molecule has 0 unspecified atom stereocenters. The SMILES string of the molecule is Oc1ccc2oc(-c3cc(I)c(O)c4ncccc34)cc2c1. The molecule has 0 bridgehead atoms. The van der Waals surface area contributed by atoms with Crippen LogP contribution in [0, 0.1) is 3.57 Å². The molecule has 0 spiro atoms. The third-order valence-electron chi connectivity index (χ3n) is 3.58. The summed E-state index contributed by atoms with van der Waals surface area (Å²) in [5.74, 6) is 1.05. The van der Waals surface area contributed by atoms with E-state index in [0.29, 0.717) is 20.4 Å². The van der Waals surface area contributed by atoms with Crippen LogP contribution in [0.25, 0.3) is 33.2 Å². The predicted molar refractivity (Wildman–Crippen MR) is 93.0 cm³/mol. The lowest BCUT2D eigenvalue weighted by atomic mass is 10.1.